The first-order valence-corrected chi connectivity index (χ1v) is 5.62. The first kappa shape index (κ1) is 8.55. The Morgan fingerprint density at radius 3 is 2.08 bits per heavy atom. The van der Waals surface area contributed by atoms with E-state index in [1.807, 2.05) is 0 Å². The fraction of sp³-hybridized carbons (Fsp3) is 1.00. The molecule has 0 unspecified atom stereocenters. The van der Waals surface area contributed by atoms with Crippen LogP contribution in [-0.2, 0) is 0 Å². The van der Waals surface area contributed by atoms with Crippen molar-refractivity contribution < 1.29 is 0 Å². The fourth-order valence-corrected chi connectivity index (χ4v) is 2.53. The van der Waals surface area contributed by atoms with E-state index in [0.29, 0.717) is 0 Å². The zero-order valence-corrected chi connectivity index (χ0v) is 8.26. The van der Waals surface area contributed by atoms with E-state index in [9.17, 15) is 0 Å². The van der Waals surface area contributed by atoms with E-state index in [-0.39, 0.29) is 0 Å². The standard InChI is InChI=1S/C11H21N/c1-2-7-12-8-5-11(6-9-12)10-3-4-10/h10-11H,2-9H2,1H3. The van der Waals surface area contributed by atoms with Crippen LogP contribution < -0.4 is 0 Å². The van der Waals surface area contributed by atoms with Gasteiger partial charge in [-0.2, -0.15) is 0 Å². The Balaban J connectivity index is 1.69. The number of likely N-dealkylation sites (tertiary alicyclic amines) is 1. The van der Waals surface area contributed by atoms with Gasteiger partial charge in [0.1, 0.15) is 0 Å². The lowest BCUT2D eigenvalue weighted by atomic mass is 9.92. The van der Waals surface area contributed by atoms with Crippen molar-refractivity contribution in [2.45, 2.75) is 39.0 Å². The summed E-state index contributed by atoms with van der Waals surface area (Å²) in [4.78, 5) is 2.64. The summed E-state index contributed by atoms with van der Waals surface area (Å²) in [6, 6.07) is 0. The summed E-state index contributed by atoms with van der Waals surface area (Å²) in [5, 5.41) is 0. The Morgan fingerprint density at radius 2 is 1.58 bits per heavy atom. The van der Waals surface area contributed by atoms with Gasteiger partial charge in [0.05, 0.1) is 0 Å². The van der Waals surface area contributed by atoms with Gasteiger partial charge in [0.2, 0.25) is 0 Å². The summed E-state index contributed by atoms with van der Waals surface area (Å²) < 4.78 is 0. The molecule has 0 aromatic heterocycles. The molecule has 1 saturated heterocycles. The van der Waals surface area contributed by atoms with E-state index in [1.54, 1.807) is 12.8 Å². The molecule has 0 radical (unpaired) electrons. The molecule has 0 N–H and O–H groups in total. The summed E-state index contributed by atoms with van der Waals surface area (Å²) in [6.07, 6.45) is 7.39. The second-order valence-electron chi connectivity index (χ2n) is 4.52. The molecule has 1 aliphatic heterocycles. The minimum Gasteiger partial charge on any atom is -0.303 e. The van der Waals surface area contributed by atoms with Crippen LogP contribution in [0, 0.1) is 11.8 Å². The van der Waals surface area contributed by atoms with E-state index < -0.39 is 0 Å². The van der Waals surface area contributed by atoms with E-state index in [4.69, 9.17) is 0 Å². The highest BCUT2D eigenvalue weighted by Gasteiger charge is 2.32. The lowest BCUT2D eigenvalue weighted by molar-refractivity contribution is 0.173. The van der Waals surface area contributed by atoms with Gasteiger partial charge < -0.3 is 4.90 Å². The molecule has 1 heterocycles. The van der Waals surface area contributed by atoms with Crippen LogP contribution in [-0.4, -0.2) is 24.5 Å². The molecule has 0 aromatic carbocycles. The van der Waals surface area contributed by atoms with E-state index in [1.165, 1.54) is 38.9 Å². The molecule has 1 heteroatoms. The molecule has 1 nitrogen and oxygen atoms in total. The van der Waals surface area contributed by atoms with Gasteiger partial charge in [0.15, 0.2) is 0 Å². The third kappa shape index (κ3) is 2.01. The zero-order chi connectivity index (χ0) is 8.39. The summed E-state index contributed by atoms with van der Waals surface area (Å²) >= 11 is 0. The molecule has 0 amide bonds. The predicted octanol–water partition coefficient (Wildman–Crippen LogP) is 2.52. The Labute approximate surface area is 76.1 Å². The SMILES string of the molecule is CCCN1CCC(C2CC2)CC1. The Kier molecular flexibility index (Phi) is 2.69. The van der Waals surface area contributed by atoms with Crippen molar-refractivity contribution in [1.29, 1.82) is 0 Å². The molecule has 2 rings (SSSR count). The fourth-order valence-electron chi connectivity index (χ4n) is 2.53. The van der Waals surface area contributed by atoms with Crippen molar-refractivity contribution in [3.05, 3.63) is 0 Å². The first-order valence-electron chi connectivity index (χ1n) is 5.62. The van der Waals surface area contributed by atoms with Crippen LogP contribution in [0.1, 0.15) is 39.0 Å². The average Bonchev–Trinajstić information content (AvgIpc) is 2.89. The highest BCUT2D eigenvalue weighted by atomic mass is 15.1. The van der Waals surface area contributed by atoms with Crippen molar-refractivity contribution in [1.82, 2.24) is 4.90 Å². The zero-order valence-electron chi connectivity index (χ0n) is 8.26. The molecule has 0 bridgehead atoms. The largest absolute Gasteiger partial charge is 0.303 e. The number of rotatable bonds is 3. The molecule has 70 valence electrons. The van der Waals surface area contributed by atoms with E-state index in [2.05, 4.69) is 11.8 Å². The maximum atomic E-state index is 2.64. The number of nitrogens with zero attached hydrogens (tertiary/aromatic N) is 1. The van der Waals surface area contributed by atoms with Crippen molar-refractivity contribution in [3.63, 3.8) is 0 Å². The molecule has 2 fully saturated rings. The summed E-state index contributed by atoms with van der Waals surface area (Å²) in [7, 11) is 0. The molecule has 1 aliphatic carbocycles. The molecular formula is C11H21N. The molecule has 2 aliphatic rings. The molecular weight excluding hydrogens is 146 g/mol. The van der Waals surface area contributed by atoms with Crippen LogP contribution in [0.3, 0.4) is 0 Å². The molecule has 1 saturated carbocycles. The van der Waals surface area contributed by atoms with Gasteiger partial charge in [0.25, 0.3) is 0 Å². The minimum atomic E-state index is 1.11. The topological polar surface area (TPSA) is 3.24 Å². The molecule has 0 atom stereocenters. The summed E-state index contributed by atoms with van der Waals surface area (Å²) in [5.41, 5.74) is 0. The van der Waals surface area contributed by atoms with Crippen molar-refractivity contribution in [2.75, 3.05) is 19.6 Å². The monoisotopic (exact) mass is 167 g/mol. The van der Waals surface area contributed by atoms with Crippen molar-refractivity contribution >= 4 is 0 Å². The minimum absolute atomic E-state index is 1.11. The van der Waals surface area contributed by atoms with Gasteiger partial charge in [-0.25, -0.2) is 0 Å². The molecule has 0 spiro atoms. The van der Waals surface area contributed by atoms with Crippen LogP contribution in [0.5, 0.6) is 0 Å². The van der Waals surface area contributed by atoms with Crippen LogP contribution >= 0.6 is 0 Å². The van der Waals surface area contributed by atoms with Crippen LogP contribution in [0.4, 0.5) is 0 Å². The van der Waals surface area contributed by atoms with Gasteiger partial charge in [-0.05, 0) is 63.6 Å². The van der Waals surface area contributed by atoms with Crippen molar-refractivity contribution in [3.8, 4) is 0 Å². The Bertz CT molecular complexity index is 132. The number of hydrogen-bond acceptors (Lipinski definition) is 1. The Hall–Kier alpha value is -0.0400. The second kappa shape index (κ2) is 3.78. The average molecular weight is 167 g/mol. The maximum absolute atomic E-state index is 2.64. The second-order valence-corrected chi connectivity index (χ2v) is 4.52. The normalized spacial score (nSPS) is 27.8. The lowest BCUT2D eigenvalue weighted by Gasteiger charge is -2.31. The van der Waals surface area contributed by atoms with E-state index >= 15 is 0 Å². The smallest absolute Gasteiger partial charge is 0.00160 e. The summed E-state index contributed by atoms with van der Waals surface area (Å²) in [6.45, 7) is 6.38. The quantitative estimate of drug-likeness (QED) is 0.624. The maximum Gasteiger partial charge on any atom is -0.00160 e. The van der Waals surface area contributed by atoms with Crippen LogP contribution in [0.2, 0.25) is 0 Å². The first-order chi connectivity index (χ1) is 5.90. The third-order valence-corrected chi connectivity index (χ3v) is 3.46. The number of piperidine rings is 1. The number of hydrogen-bond donors (Lipinski definition) is 0. The highest BCUT2D eigenvalue weighted by molar-refractivity contribution is 4.85. The van der Waals surface area contributed by atoms with Gasteiger partial charge >= 0.3 is 0 Å². The van der Waals surface area contributed by atoms with Gasteiger partial charge in [0, 0.05) is 0 Å². The van der Waals surface area contributed by atoms with Crippen molar-refractivity contribution in [2.24, 2.45) is 11.8 Å². The van der Waals surface area contributed by atoms with E-state index in [0.717, 1.165) is 11.8 Å². The van der Waals surface area contributed by atoms with Crippen LogP contribution in [0.25, 0.3) is 0 Å². The summed E-state index contributed by atoms with van der Waals surface area (Å²) in [5.74, 6) is 2.26. The van der Waals surface area contributed by atoms with Gasteiger partial charge in [-0.1, -0.05) is 6.92 Å². The predicted molar refractivity (Wildman–Crippen MR) is 52.2 cm³/mol. The van der Waals surface area contributed by atoms with Crippen LogP contribution in [0.15, 0.2) is 0 Å². The molecule has 12 heavy (non-hydrogen) atoms. The van der Waals surface area contributed by atoms with Gasteiger partial charge in [-0.15, -0.1) is 0 Å². The Morgan fingerprint density at radius 1 is 1.00 bits per heavy atom. The third-order valence-electron chi connectivity index (χ3n) is 3.46. The lowest BCUT2D eigenvalue weighted by Crippen LogP contribution is -2.34. The van der Waals surface area contributed by atoms with Gasteiger partial charge in [-0.3, -0.25) is 0 Å². The highest BCUT2D eigenvalue weighted by Crippen LogP contribution is 2.41. The molecule has 0 aromatic rings.